The van der Waals surface area contributed by atoms with Crippen LogP contribution in [0.3, 0.4) is 0 Å². The Hall–Kier alpha value is -2.53. The maximum Gasteiger partial charge on any atom is 0.265 e. The molecule has 1 heterocycles. The zero-order valence-electron chi connectivity index (χ0n) is 16.2. The minimum absolute atomic E-state index is 0.187. The molecule has 2 aromatic rings. The van der Waals surface area contributed by atoms with Crippen molar-refractivity contribution >= 4 is 11.6 Å². The summed E-state index contributed by atoms with van der Waals surface area (Å²) in [5.41, 5.74) is 2.74. The largest absolute Gasteiger partial charge is 0.491 e. The highest BCUT2D eigenvalue weighted by molar-refractivity contribution is 5.94. The first-order valence-electron chi connectivity index (χ1n) is 9.41. The summed E-state index contributed by atoms with van der Waals surface area (Å²) < 4.78 is 17.2. The standard InChI is InChI=1S/C22H27NO4/c1-15-6-4-7-16(2)21(15)27-17(3)22(24)23-18-9-11-19(12-10-18)26-14-20-8-5-13-25-20/h4,6-7,9-12,17,20H,5,8,13-14H2,1-3H3,(H,23,24)/t17-,20+/m0/s1. The molecule has 3 rings (SSSR count). The van der Waals surface area contributed by atoms with Crippen molar-refractivity contribution in [2.45, 2.75) is 45.8 Å². The minimum Gasteiger partial charge on any atom is -0.491 e. The predicted molar refractivity (Wildman–Crippen MR) is 106 cm³/mol. The van der Waals surface area contributed by atoms with E-state index in [9.17, 15) is 4.79 Å². The van der Waals surface area contributed by atoms with Crippen LogP contribution in [-0.4, -0.2) is 31.3 Å². The number of nitrogens with one attached hydrogen (secondary N) is 1. The van der Waals surface area contributed by atoms with Gasteiger partial charge in [-0.2, -0.15) is 0 Å². The average Bonchev–Trinajstić information content (AvgIpc) is 3.17. The fourth-order valence-corrected chi connectivity index (χ4v) is 3.06. The molecule has 5 heteroatoms. The second-order valence-corrected chi connectivity index (χ2v) is 6.94. The van der Waals surface area contributed by atoms with Crippen LogP contribution >= 0.6 is 0 Å². The lowest BCUT2D eigenvalue weighted by Crippen LogP contribution is -2.30. The van der Waals surface area contributed by atoms with Gasteiger partial charge in [0.15, 0.2) is 6.10 Å². The van der Waals surface area contributed by atoms with Crippen molar-refractivity contribution in [3.8, 4) is 11.5 Å². The van der Waals surface area contributed by atoms with E-state index in [1.807, 2.05) is 56.3 Å². The van der Waals surface area contributed by atoms with E-state index >= 15 is 0 Å². The first kappa shape index (κ1) is 19.2. The molecule has 0 unspecified atom stereocenters. The van der Waals surface area contributed by atoms with Gasteiger partial charge in [-0.15, -0.1) is 0 Å². The van der Waals surface area contributed by atoms with Crippen LogP contribution in [0, 0.1) is 13.8 Å². The fraction of sp³-hybridized carbons (Fsp3) is 0.409. The van der Waals surface area contributed by atoms with E-state index in [1.165, 1.54) is 0 Å². The first-order chi connectivity index (χ1) is 13.0. The molecule has 1 N–H and O–H groups in total. The number of rotatable bonds is 7. The quantitative estimate of drug-likeness (QED) is 0.792. The van der Waals surface area contributed by atoms with Crippen LogP contribution in [0.2, 0.25) is 0 Å². The summed E-state index contributed by atoms with van der Waals surface area (Å²) >= 11 is 0. The number of benzene rings is 2. The number of carbonyl (C=O) groups is 1. The van der Waals surface area contributed by atoms with Crippen LogP contribution in [0.1, 0.15) is 30.9 Å². The summed E-state index contributed by atoms with van der Waals surface area (Å²) in [6.07, 6.45) is 1.74. The smallest absolute Gasteiger partial charge is 0.265 e. The summed E-state index contributed by atoms with van der Waals surface area (Å²) in [5, 5.41) is 2.88. The lowest BCUT2D eigenvalue weighted by Gasteiger charge is -2.18. The summed E-state index contributed by atoms with van der Waals surface area (Å²) in [4.78, 5) is 12.4. The third-order valence-corrected chi connectivity index (χ3v) is 4.65. The molecule has 0 saturated carbocycles. The van der Waals surface area contributed by atoms with Crippen LogP contribution in [0.5, 0.6) is 11.5 Å². The van der Waals surface area contributed by atoms with Crippen molar-refractivity contribution in [3.63, 3.8) is 0 Å². The van der Waals surface area contributed by atoms with Crippen molar-refractivity contribution in [2.24, 2.45) is 0 Å². The van der Waals surface area contributed by atoms with Crippen molar-refractivity contribution in [1.29, 1.82) is 0 Å². The van der Waals surface area contributed by atoms with E-state index in [1.54, 1.807) is 6.92 Å². The zero-order chi connectivity index (χ0) is 19.2. The van der Waals surface area contributed by atoms with E-state index in [2.05, 4.69) is 5.32 Å². The fourth-order valence-electron chi connectivity index (χ4n) is 3.06. The normalized spacial score (nSPS) is 17.4. The van der Waals surface area contributed by atoms with Gasteiger partial charge in [-0.25, -0.2) is 0 Å². The van der Waals surface area contributed by atoms with Crippen LogP contribution in [-0.2, 0) is 9.53 Å². The number of amides is 1. The number of aryl methyl sites for hydroxylation is 2. The van der Waals surface area contributed by atoms with Gasteiger partial charge in [0.25, 0.3) is 5.91 Å². The molecule has 1 amide bonds. The molecular formula is C22H27NO4. The minimum atomic E-state index is -0.597. The third kappa shape index (κ3) is 5.23. The SMILES string of the molecule is Cc1cccc(C)c1O[C@@H](C)C(=O)Nc1ccc(OC[C@H]2CCCO2)cc1. The van der Waals surface area contributed by atoms with Crippen LogP contribution in [0.4, 0.5) is 5.69 Å². The Labute approximate surface area is 160 Å². The molecule has 1 saturated heterocycles. The van der Waals surface area contributed by atoms with Crippen LogP contribution in [0.15, 0.2) is 42.5 Å². The molecule has 0 aliphatic carbocycles. The van der Waals surface area contributed by atoms with Crippen LogP contribution < -0.4 is 14.8 Å². The summed E-state index contributed by atoms with van der Waals surface area (Å²) in [7, 11) is 0. The molecule has 0 spiro atoms. The Kier molecular flexibility index (Phi) is 6.35. The van der Waals surface area contributed by atoms with E-state index in [0.29, 0.717) is 12.3 Å². The molecule has 27 heavy (non-hydrogen) atoms. The highest BCUT2D eigenvalue weighted by Gasteiger charge is 2.18. The van der Waals surface area contributed by atoms with E-state index < -0.39 is 6.10 Å². The first-order valence-corrected chi connectivity index (χ1v) is 9.41. The van der Waals surface area contributed by atoms with Gasteiger partial charge in [0.1, 0.15) is 18.1 Å². The molecule has 2 atom stereocenters. The summed E-state index contributed by atoms with van der Waals surface area (Å²) in [6, 6.07) is 13.3. The summed E-state index contributed by atoms with van der Waals surface area (Å²) in [6.45, 7) is 7.08. The van der Waals surface area contributed by atoms with Crippen molar-refractivity contribution in [3.05, 3.63) is 53.6 Å². The van der Waals surface area contributed by atoms with Gasteiger partial charge >= 0.3 is 0 Å². The Morgan fingerprint density at radius 1 is 1.19 bits per heavy atom. The molecule has 1 fully saturated rings. The van der Waals surface area contributed by atoms with Gasteiger partial charge in [0.05, 0.1) is 6.10 Å². The Balaban J connectivity index is 1.52. The highest BCUT2D eigenvalue weighted by Crippen LogP contribution is 2.24. The number of carbonyl (C=O) groups excluding carboxylic acids is 1. The molecule has 0 bridgehead atoms. The van der Waals surface area contributed by atoms with Crippen molar-refractivity contribution < 1.29 is 19.0 Å². The van der Waals surface area contributed by atoms with Gasteiger partial charge in [0.2, 0.25) is 0 Å². The molecule has 1 aliphatic rings. The molecule has 0 radical (unpaired) electrons. The zero-order valence-corrected chi connectivity index (χ0v) is 16.2. The number of hydrogen-bond donors (Lipinski definition) is 1. The Morgan fingerprint density at radius 2 is 1.89 bits per heavy atom. The number of para-hydroxylation sites is 1. The molecule has 144 valence electrons. The monoisotopic (exact) mass is 369 g/mol. The van der Waals surface area contributed by atoms with Crippen molar-refractivity contribution in [2.75, 3.05) is 18.5 Å². The lowest BCUT2D eigenvalue weighted by molar-refractivity contribution is -0.122. The Bertz CT molecular complexity index is 746. The van der Waals surface area contributed by atoms with Gasteiger partial charge in [-0.1, -0.05) is 18.2 Å². The maximum absolute atomic E-state index is 12.4. The molecule has 5 nitrogen and oxygen atoms in total. The number of anilines is 1. The number of hydrogen-bond acceptors (Lipinski definition) is 4. The van der Waals surface area contributed by atoms with Gasteiger partial charge in [-0.05, 0) is 69.0 Å². The second kappa shape index (κ2) is 8.91. The topological polar surface area (TPSA) is 56.8 Å². The lowest BCUT2D eigenvalue weighted by atomic mass is 10.1. The Morgan fingerprint density at radius 3 is 2.52 bits per heavy atom. The second-order valence-electron chi connectivity index (χ2n) is 6.94. The maximum atomic E-state index is 12.4. The van der Waals surface area contributed by atoms with E-state index in [0.717, 1.165) is 42.1 Å². The average molecular weight is 369 g/mol. The molecular weight excluding hydrogens is 342 g/mol. The van der Waals surface area contributed by atoms with E-state index in [-0.39, 0.29) is 12.0 Å². The number of ether oxygens (including phenoxy) is 3. The van der Waals surface area contributed by atoms with Gasteiger partial charge < -0.3 is 19.5 Å². The van der Waals surface area contributed by atoms with E-state index in [4.69, 9.17) is 14.2 Å². The van der Waals surface area contributed by atoms with Gasteiger partial charge in [0, 0.05) is 12.3 Å². The highest BCUT2D eigenvalue weighted by atomic mass is 16.5. The van der Waals surface area contributed by atoms with Crippen LogP contribution in [0.25, 0.3) is 0 Å². The molecule has 0 aromatic heterocycles. The van der Waals surface area contributed by atoms with Gasteiger partial charge in [-0.3, -0.25) is 4.79 Å². The predicted octanol–water partition coefficient (Wildman–Crippen LogP) is 4.27. The third-order valence-electron chi connectivity index (χ3n) is 4.65. The van der Waals surface area contributed by atoms with Crippen molar-refractivity contribution in [1.82, 2.24) is 0 Å². The summed E-state index contributed by atoms with van der Waals surface area (Å²) in [5.74, 6) is 1.34. The molecule has 2 aromatic carbocycles. The molecule has 1 aliphatic heterocycles.